The topological polar surface area (TPSA) is 41.5 Å². The van der Waals surface area contributed by atoms with E-state index in [-0.39, 0.29) is 6.61 Å². The minimum Gasteiger partial charge on any atom is -0.491 e. The Morgan fingerprint density at radius 3 is 2.95 bits per heavy atom. The smallest absolute Gasteiger partial charge is 0.121 e. The molecular weight excluding hydrogens is 305 g/mol. The molecule has 2 unspecified atom stereocenters. The highest BCUT2D eigenvalue weighted by molar-refractivity contribution is 7.99. The van der Waals surface area contributed by atoms with Crippen LogP contribution in [0.2, 0.25) is 10.0 Å². The second-order valence-corrected chi connectivity index (χ2v) is 6.47. The summed E-state index contributed by atoms with van der Waals surface area (Å²) >= 11 is 13.6. The highest BCUT2D eigenvalue weighted by Gasteiger charge is 2.16. The molecule has 1 aliphatic heterocycles. The van der Waals surface area contributed by atoms with Crippen molar-refractivity contribution in [1.29, 1.82) is 0 Å². The summed E-state index contributed by atoms with van der Waals surface area (Å²) in [5.41, 5.74) is 0. The summed E-state index contributed by atoms with van der Waals surface area (Å²) in [7, 11) is 0. The Bertz CT molecular complexity index is 414. The lowest BCUT2D eigenvalue weighted by atomic mass is 10.2. The number of nitrogens with one attached hydrogen (secondary N) is 1. The molecular formula is C13H17Cl2NO2S. The van der Waals surface area contributed by atoms with Crippen LogP contribution in [0.3, 0.4) is 0 Å². The average Bonchev–Trinajstić information content (AvgIpc) is 2.91. The number of aliphatic hydroxyl groups excluding tert-OH is 1. The normalized spacial score (nSPS) is 20.5. The summed E-state index contributed by atoms with van der Waals surface area (Å²) in [4.78, 5) is 0. The van der Waals surface area contributed by atoms with Crippen LogP contribution in [0, 0.1) is 0 Å². The van der Waals surface area contributed by atoms with Crippen LogP contribution in [-0.2, 0) is 0 Å². The standard InChI is InChI=1S/C13H17Cl2NO2S/c14-12-2-1-11(5-13(12)15)18-7-10(17)6-16-9-3-4-19-8-9/h1-2,5,9-10,16-17H,3-4,6-8H2. The van der Waals surface area contributed by atoms with Crippen LogP contribution >= 0.6 is 35.0 Å². The van der Waals surface area contributed by atoms with Gasteiger partial charge in [0.1, 0.15) is 18.5 Å². The van der Waals surface area contributed by atoms with Crippen LogP contribution in [0.25, 0.3) is 0 Å². The van der Waals surface area contributed by atoms with Crippen molar-refractivity contribution in [2.24, 2.45) is 0 Å². The van der Waals surface area contributed by atoms with Gasteiger partial charge in [0.2, 0.25) is 0 Å². The molecule has 0 aromatic heterocycles. The van der Waals surface area contributed by atoms with E-state index in [4.69, 9.17) is 27.9 Å². The van der Waals surface area contributed by atoms with E-state index in [1.165, 1.54) is 12.2 Å². The van der Waals surface area contributed by atoms with Crippen molar-refractivity contribution in [2.45, 2.75) is 18.6 Å². The molecule has 1 heterocycles. The van der Waals surface area contributed by atoms with Crippen LogP contribution in [-0.4, -0.2) is 41.9 Å². The van der Waals surface area contributed by atoms with E-state index in [0.29, 0.717) is 28.4 Å². The van der Waals surface area contributed by atoms with Crippen molar-refractivity contribution < 1.29 is 9.84 Å². The number of aliphatic hydroxyl groups is 1. The molecule has 0 radical (unpaired) electrons. The molecule has 0 spiro atoms. The maximum Gasteiger partial charge on any atom is 0.121 e. The monoisotopic (exact) mass is 321 g/mol. The molecule has 2 N–H and O–H groups in total. The first-order valence-electron chi connectivity index (χ1n) is 6.22. The largest absolute Gasteiger partial charge is 0.491 e. The fourth-order valence-electron chi connectivity index (χ4n) is 1.82. The minimum absolute atomic E-state index is 0.241. The fraction of sp³-hybridized carbons (Fsp3) is 0.538. The summed E-state index contributed by atoms with van der Waals surface area (Å²) in [6.07, 6.45) is 0.644. The van der Waals surface area contributed by atoms with Crippen LogP contribution in [0.5, 0.6) is 5.75 Å². The number of benzene rings is 1. The molecule has 0 aliphatic carbocycles. The van der Waals surface area contributed by atoms with Crippen LogP contribution < -0.4 is 10.1 Å². The van der Waals surface area contributed by atoms with E-state index in [0.717, 1.165) is 5.75 Å². The van der Waals surface area contributed by atoms with E-state index in [1.807, 2.05) is 11.8 Å². The predicted molar refractivity (Wildman–Crippen MR) is 81.7 cm³/mol. The second-order valence-electron chi connectivity index (χ2n) is 4.51. The van der Waals surface area contributed by atoms with Crippen molar-refractivity contribution in [1.82, 2.24) is 5.32 Å². The van der Waals surface area contributed by atoms with E-state index in [9.17, 15) is 5.11 Å². The van der Waals surface area contributed by atoms with E-state index < -0.39 is 6.10 Å². The molecule has 3 nitrogen and oxygen atoms in total. The van der Waals surface area contributed by atoms with Gasteiger partial charge in [0.15, 0.2) is 0 Å². The van der Waals surface area contributed by atoms with Crippen molar-refractivity contribution in [3.8, 4) is 5.75 Å². The maximum atomic E-state index is 9.84. The van der Waals surface area contributed by atoms with Crippen molar-refractivity contribution in [3.05, 3.63) is 28.2 Å². The van der Waals surface area contributed by atoms with E-state index in [2.05, 4.69) is 5.32 Å². The first kappa shape index (κ1) is 15.3. The molecule has 0 bridgehead atoms. The van der Waals surface area contributed by atoms with Gasteiger partial charge in [-0.15, -0.1) is 0 Å². The lowest BCUT2D eigenvalue weighted by Gasteiger charge is -2.16. The molecule has 2 atom stereocenters. The Morgan fingerprint density at radius 2 is 2.26 bits per heavy atom. The fourth-order valence-corrected chi connectivity index (χ4v) is 3.29. The van der Waals surface area contributed by atoms with Gasteiger partial charge >= 0.3 is 0 Å². The summed E-state index contributed by atoms with van der Waals surface area (Å²) < 4.78 is 5.48. The zero-order valence-electron chi connectivity index (χ0n) is 10.4. The number of halogens is 2. The second kappa shape index (κ2) is 7.60. The van der Waals surface area contributed by atoms with Crippen molar-refractivity contribution in [2.75, 3.05) is 24.7 Å². The Morgan fingerprint density at radius 1 is 1.42 bits per heavy atom. The molecule has 106 valence electrons. The number of ether oxygens (including phenoxy) is 1. The number of rotatable bonds is 6. The molecule has 19 heavy (non-hydrogen) atoms. The van der Waals surface area contributed by atoms with Crippen LogP contribution in [0.4, 0.5) is 0 Å². The first-order valence-corrected chi connectivity index (χ1v) is 8.13. The van der Waals surface area contributed by atoms with Gasteiger partial charge < -0.3 is 15.2 Å². The maximum absolute atomic E-state index is 9.84. The van der Waals surface area contributed by atoms with Gasteiger partial charge in [-0.2, -0.15) is 11.8 Å². The predicted octanol–water partition coefficient (Wildman–Crippen LogP) is 2.83. The zero-order valence-corrected chi connectivity index (χ0v) is 12.8. The lowest BCUT2D eigenvalue weighted by molar-refractivity contribution is 0.104. The highest BCUT2D eigenvalue weighted by Crippen LogP contribution is 2.26. The molecule has 1 aromatic rings. The first-order chi connectivity index (χ1) is 9.15. The molecule has 0 saturated carbocycles. The summed E-state index contributed by atoms with van der Waals surface area (Å²) in [6.45, 7) is 0.789. The molecule has 1 saturated heterocycles. The Balaban J connectivity index is 1.70. The number of hydrogen-bond acceptors (Lipinski definition) is 4. The lowest BCUT2D eigenvalue weighted by Crippen LogP contribution is -2.37. The molecule has 2 rings (SSSR count). The van der Waals surface area contributed by atoms with Gasteiger partial charge in [-0.05, 0) is 24.3 Å². The van der Waals surface area contributed by atoms with E-state index in [1.54, 1.807) is 18.2 Å². The Kier molecular flexibility index (Phi) is 6.10. The molecule has 0 amide bonds. The average molecular weight is 322 g/mol. The summed E-state index contributed by atoms with van der Waals surface area (Å²) in [6, 6.07) is 5.59. The van der Waals surface area contributed by atoms with Gasteiger partial charge in [-0.3, -0.25) is 0 Å². The number of thioether (sulfide) groups is 1. The van der Waals surface area contributed by atoms with Crippen LogP contribution in [0.1, 0.15) is 6.42 Å². The minimum atomic E-state index is -0.528. The SMILES string of the molecule is OC(CNC1CCSC1)COc1ccc(Cl)c(Cl)c1. The van der Waals surface area contributed by atoms with Crippen molar-refractivity contribution >= 4 is 35.0 Å². The highest BCUT2D eigenvalue weighted by atomic mass is 35.5. The zero-order chi connectivity index (χ0) is 13.7. The Labute approximate surface area is 127 Å². The quantitative estimate of drug-likeness (QED) is 0.845. The Hall–Kier alpha value is -0.130. The summed E-state index contributed by atoms with van der Waals surface area (Å²) in [5.74, 6) is 2.94. The van der Waals surface area contributed by atoms with Gasteiger partial charge in [0.25, 0.3) is 0 Å². The van der Waals surface area contributed by atoms with Gasteiger partial charge in [0.05, 0.1) is 10.0 Å². The van der Waals surface area contributed by atoms with Crippen molar-refractivity contribution in [3.63, 3.8) is 0 Å². The third-order valence-electron chi connectivity index (χ3n) is 2.91. The molecule has 1 aliphatic rings. The molecule has 1 fully saturated rings. The third-order valence-corrected chi connectivity index (χ3v) is 4.81. The van der Waals surface area contributed by atoms with Gasteiger partial charge in [-0.25, -0.2) is 0 Å². The number of hydrogen-bond donors (Lipinski definition) is 2. The third kappa shape index (κ3) is 5.04. The molecule has 6 heteroatoms. The summed E-state index contributed by atoms with van der Waals surface area (Å²) in [5, 5.41) is 14.1. The van der Waals surface area contributed by atoms with Crippen LogP contribution in [0.15, 0.2) is 18.2 Å². The van der Waals surface area contributed by atoms with Gasteiger partial charge in [0, 0.05) is 24.4 Å². The molecule has 1 aromatic carbocycles. The van der Waals surface area contributed by atoms with Gasteiger partial charge in [-0.1, -0.05) is 23.2 Å². The van der Waals surface area contributed by atoms with E-state index >= 15 is 0 Å².